The molecule has 452 valence electrons. The largest absolute Gasteiger partial charge is 0.462 e. The molecule has 0 amide bonds. The van der Waals surface area contributed by atoms with Crippen LogP contribution in [-0.4, -0.2) is 37.2 Å². The van der Waals surface area contributed by atoms with Crippen molar-refractivity contribution in [2.45, 2.75) is 258 Å². The molecular weight excluding hydrogens is 997 g/mol. The molecule has 0 bridgehead atoms. The van der Waals surface area contributed by atoms with E-state index in [2.05, 4.69) is 203 Å². The summed E-state index contributed by atoms with van der Waals surface area (Å²) in [6.45, 7) is 6.33. The number of carbonyl (C=O) groups is 3. The Kier molecular flexibility index (Phi) is 62.5. The minimum Gasteiger partial charge on any atom is -0.462 e. The van der Waals surface area contributed by atoms with Crippen LogP contribution in [0.2, 0.25) is 0 Å². The van der Waals surface area contributed by atoms with E-state index in [1.54, 1.807) is 0 Å². The third-order valence-corrected chi connectivity index (χ3v) is 12.9. The van der Waals surface area contributed by atoms with E-state index in [1.807, 2.05) is 0 Å². The minimum absolute atomic E-state index is 0.107. The number of ether oxygens (including phenoxy) is 3. The molecule has 0 rings (SSSR count). The second-order valence-electron chi connectivity index (χ2n) is 20.6. The molecule has 0 aliphatic carbocycles. The summed E-state index contributed by atoms with van der Waals surface area (Å²) in [4.78, 5) is 38.2. The SMILES string of the molecule is CC/C=C\C/C=C\C/C=C\C/C=C\C/C=C\C/C=C\C/C=C\C/C=C\C/C=C\CCCCCC(=O)OCC(COC(=O)CCCCCCCCCCC)OC(=O)CCCCCC/C=C\C/C=C\C/C=C\C/C=C\C/C=C\C/C=C\CC. The summed E-state index contributed by atoms with van der Waals surface area (Å²) in [6, 6.07) is 0. The van der Waals surface area contributed by atoms with Gasteiger partial charge in [0, 0.05) is 19.3 Å². The topological polar surface area (TPSA) is 78.9 Å². The van der Waals surface area contributed by atoms with Crippen LogP contribution in [0.5, 0.6) is 0 Å². The molecule has 0 N–H and O–H groups in total. The first kappa shape index (κ1) is 75.5. The van der Waals surface area contributed by atoms with Crippen LogP contribution in [0.25, 0.3) is 0 Å². The maximum absolute atomic E-state index is 12.9. The second kappa shape index (κ2) is 67.0. The molecule has 81 heavy (non-hydrogen) atoms. The quantitative estimate of drug-likeness (QED) is 0.0261. The summed E-state index contributed by atoms with van der Waals surface area (Å²) in [5.74, 6) is -0.977. The van der Waals surface area contributed by atoms with Crippen molar-refractivity contribution in [3.63, 3.8) is 0 Å². The fourth-order valence-electron chi connectivity index (χ4n) is 8.14. The van der Waals surface area contributed by atoms with E-state index in [9.17, 15) is 14.4 Å². The lowest BCUT2D eigenvalue weighted by molar-refractivity contribution is -0.167. The summed E-state index contributed by atoms with van der Waals surface area (Å²) in [5.41, 5.74) is 0. The van der Waals surface area contributed by atoms with Crippen molar-refractivity contribution in [1.29, 1.82) is 0 Å². The van der Waals surface area contributed by atoms with Gasteiger partial charge in [0.05, 0.1) is 0 Å². The molecule has 1 atom stereocenters. The molecule has 0 spiro atoms. The third kappa shape index (κ3) is 65.2. The average molecular weight is 1110 g/mol. The normalized spacial score (nSPS) is 13.4. The molecule has 0 aromatic rings. The van der Waals surface area contributed by atoms with Crippen molar-refractivity contribution in [2.75, 3.05) is 13.2 Å². The molecule has 6 heteroatoms. The van der Waals surface area contributed by atoms with Crippen molar-refractivity contribution in [3.05, 3.63) is 182 Å². The Morgan fingerprint density at radius 1 is 0.259 bits per heavy atom. The molecule has 6 nitrogen and oxygen atoms in total. The summed E-state index contributed by atoms with van der Waals surface area (Å²) in [5, 5.41) is 0. The van der Waals surface area contributed by atoms with Crippen LogP contribution in [0, 0.1) is 0 Å². The minimum atomic E-state index is -0.815. The Morgan fingerprint density at radius 3 is 0.765 bits per heavy atom. The van der Waals surface area contributed by atoms with E-state index < -0.39 is 6.10 Å². The van der Waals surface area contributed by atoms with Crippen LogP contribution < -0.4 is 0 Å². The molecule has 0 heterocycles. The number of hydrogen-bond donors (Lipinski definition) is 0. The van der Waals surface area contributed by atoms with Gasteiger partial charge in [0.1, 0.15) is 13.2 Å². The predicted octanol–water partition coefficient (Wildman–Crippen LogP) is 22.4. The van der Waals surface area contributed by atoms with Gasteiger partial charge >= 0.3 is 17.9 Å². The fourth-order valence-corrected chi connectivity index (χ4v) is 8.14. The smallest absolute Gasteiger partial charge is 0.306 e. The Bertz CT molecular complexity index is 1900. The van der Waals surface area contributed by atoms with E-state index in [1.165, 1.54) is 38.5 Å². The highest BCUT2D eigenvalue weighted by Crippen LogP contribution is 2.13. The molecule has 0 fully saturated rings. The number of carbonyl (C=O) groups excluding carboxylic acids is 3. The van der Waals surface area contributed by atoms with Crippen LogP contribution in [0.15, 0.2) is 182 Å². The second-order valence-corrected chi connectivity index (χ2v) is 20.6. The van der Waals surface area contributed by atoms with Gasteiger partial charge in [-0.3, -0.25) is 14.4 Å². The molecule has 0 aliphatic rings. The number of allylic oxidation sites excluding steroid dienone is 30. The predicted molar refractivity (Wildman–Crippen MR) is 352 cm³/mol. The Morgan fingerprint density at radius 2 is 0.481 bits per heavy atom. The Hall–Kier alpha value is -5.49. The summed E-state index contributed by atoms with van der Waals surface area (Å²) < 4.78 is 16.8. The van der Waals surface area contributed by atoms with E-state index in [0.717, 1.165) is 173 Å². The van der Waals surface area contributed by atoms with Crippen molar-refractivity contribution >= 4 is 17.9 Å². The number of hydrogen-bond acceptors (Lipinski definition) is 6. The summed E-state index contributed by atoms with van der Waals surface area (Å²) in [7, 11) is 0. The van der Waals surface area contributed by atoms with Gasteiger partial charge in [0.15, 0.2) is 6.10 Å². The van der Waals surface area contributed by atoms with Crippen LogP contribution in [0.3, 0.4) is 0 Å². The molecule has 0 aromatic carbocycles. The zero-order chi connectivity index (χ0) is 58.5. The van der Waals surface area contributed by atoms with Gasteiger partial charge < -0.3 is 14.2 Å². The molecular formula is C75H116O6. The zero-order valence-corrected chi connectivity index (χ0v) is 51.7. The number of rotatable bonds is 56. The van der Waals surface area contributed by atoms with E-state index in [0.29, 0.717) is 12.8 Å². The third-order valence-electron chi connectivity index (χ3n) is 12.9. The Balaban J connectivity index is 4.39. The average Bonchev–Trinajstić information content (AvgIpc) is 3.47. The van der Waals surface area contributed by atoms with Crippen LogP contribution in [0.1, 0.15) is 252 Å². The van der Waals surface area contributed by atoms with Crippen molar-refractivity contribution in [2.24, 2.45) is 0 Å². The highest BCUT2D eigenvalue weighted by Gasteiger charge is 2.19. The summed E-state index contributed by atoms with van der Waals surface area (Å²) >= 11 is 0. The molecule has 0 saturated carbocycles. The van der Waals surface area contributed by atoms with Gasteiger partial charge in [-0.05, 0) is 141 Å². The Labute approximate surface area is 497 Å². The van der Waals surface area contributed by atoms with Crippen LogP contribution in [0.4, 0.5) is 0 Å². The first-order valence-corrected chi connectivity index (χ1v) is 32.3. The van der Waals surface area contributed by atoms with Gasteiger partial charge in [-0.25, -0.2) is 0 Å². The lowest BCUT2D eigenvalue weighted by Gasteiger charge is -2.18. The lowest BCUT2D eigenvalue weighted by atomic mass is 10.1. The van der Waals surface area contributed by atoms with Crippen molar-refractivity contribution in [1.82, 2.24) is 0 Å². The van der Waals surface area contributed by atoms with Gasteiger partial charge in [-0.1, -0.05) is 274 Å². The fraction of sp³-hybridized carbons (Fsp3) is 0.560. The van der Waals surface area contributed by atoms with Crippen molar-refractivity contribution < 1.29 is 28.6 Å². The van der Waals surface area contributed by atoms with Gasteiger partial charge in [0.25, 0.3) is 0 Å². The highest BCUT2D eigenvalue weighted by molar-refractivity contribution is 5.71. The molecule has 0 aromatic heterocycles. The number of unbranched alkanes of at least 4 members (excludes halogenated alkanes) is 15. The maximum Gasteiger partial charge on any atom is 0.306 e. The molecule has 0 radical (unpaired) electrons. The molecule has 0 saturated heterocycles. The van der Waals surface area contributed by atoms with Crippen LogP contribution >= 0.6 is 0 Å². The first-order valence-electron chi connectivity index (χ1n) is 32.3. The van der Waals surface area contributed by atoms with Crippen LogP contribution in [-0.2, 0) is 28.6 Å². The summed E-state index contributed by atoms with van der Waals surface area (Å²) in [6.07, 6.45) is 100. The maximum atomic E-state index is 12.9. The molecule has 1 unspecified atom stereocenters. The number of esters is 3. The standard InChI is InChI=1S/C75H116O6/c1-4-7-10-13-16-19-21-23-25-27-29-31-33-34-35-36-37-38-39-40-42-43-45-47-49-51-53-56-59-62-65-68-74(77)80-71-72(70-79-73(76)67-64-61-58-55-18-15-12-9-6-3)81-75(78)69-66-63-60-57-54-52-50-48-46-44-41-32-30-28-26-24-22-20-17-14-11-8-5-2/h7-8,10-11,16-17,19-20,23-26,29-32,34-35,37-38,40,42,44-47,50-53,72H,4-6,9,12-15,18,21-22,27-28,33,36,39,41,43,48-49,54-71H2,1-3H3/b10-7-,11-8-,19-16-,20-17-,25-23-,26-24-,31-29-,32-30-,35-34-,38-37-,42-40-,46-44-,47-45-,52-50-,53-51-. The van der Waals surface area contributed by atoms with Gasteiger partial charge in [-0.2, -0.15) is 0 Å². The van der Waals surface area contributed by atoms with E-state index in [-0.39, 0.29) is 37.5 Å². The lowest BCUT2D eigenvalue weighted by Crippen LogP contribution is -2.30. The van der Waals surface area contributed by atoms with Gasteiger partial charge in [0.2, 0.25) is 0 Å². The van der Waals surface area contributed by atoms with Gasteiger partial charge in [-0.15, -0.1) is 0 Å². The zero-order valence-electron chi connectivity index (χ0n) is 51.7. The monoisotopic (exact) mass is 1110 g/mol. The highest BCUT2D eigenvalue weighted by atomic mass is 16.6. The molecule has 0 aliphatic heterocycles. The van der Waals surface area contributed by atoms with Crippen molar-refractivity contribution in [3.8, 4) is 0 Å². The van der Waals surface area contributed by atoms with E-state index in [4.69, 9.17) is 14.2 Å². The van der Waals surface area contributed by atoms with E-state index >= 15 is 0 Å². The first-order chi connectivity index (χ1) is 40.0.